The molecule has 0 aromatic carbocycles. The molecule has 0 saturated carbocycles. The van der Waals surface area contributed by atoms with Gasteiger partial charge in [0.05, 0.1) is 32.1 Å². The number of aromatic amines is 1. The van der Waals surface area contributed by atoms with Crippen molar-refractivity contribution in [3.05, 3.63) is 24.4 Å². The van der Waals surface area contributed by atoms with Gasteiger partial charge < -0.3 is 15.8 Å². The SMILES string of the molecule is COC(C)(C)CNc1cc(N)nc2cc(-c3ccn[nH]3)sc12. The van der Waals surface area contributed by atoms with Crippen LogP contribution >= 0.6 is 11.3 Å². The summed E-state index contributed by atoms with van der Waals surface area (Å²) in [6.07, 6.45) is 1.74. The summed E-state index contributed by atoms with van der Waals surface area (Å²) in [6, 6.07) is 5.83. The zero-order valence-corrected chi connectivity index (χ0v) is 13.6. The minimum Gasteiger partial charge on any atom is -0.384 e. The Labute approximate surface area is 132 Å². The first kappa shape index (κ1) is 14.8. The predicted octanol–water partition coefficient (Wildman–Crippen LogP) is 3.11. The number of nitrogens with one attached hydrogen (secondary N) is 2. The first-order valence-electron chi connectivity index (χ1n) is 6.97. The van der Waals surface area contributed by atoms with E-state index < -0.39 is 0 Å². The van der Waals surface area contributed by atoms with Crippen molar-refractivity contribution < 1.29 is 4.74 Å². The molecule has 0 saturated heterocycles. The molecule has 3 aromatic rings. The highest BCUT2D eigenvalue weighted by Crippen LogP contribution is 2.37. The number of aromatic nitrogens is 3. The third-order valence-corrected chi connectivity index (χ3v) is 4.71. The van der Waals surface area contributed by atoms with Gasteiger partial charge in [0.15, 0.2) is 0 Å². The molecule has 4 N–H and O–H groups in total. The van der Waals surface area contributed by atoms with E-state index in [9.17, 15) is 0 Å². The minimum atomic E-state index is -0.256. The Morgan fingerprint density at radius 1 is 1.41 bits per heavy atom. The Hall–Kier alpha value is -2.12. The molecule has 0 aliphatic carbocycles. The van der Waals surface area contributed by atoms with Gasteiger partial charge in [-0.2, -0.15) is 5.10 Å². The first-order chi connectivity index (χ1) is 10.5. The fraction of sp³-hybridized carbons (Fsp3) is 0.333. The van der Waals surface area contributed by atoms with Gasteiger partial charge in [-0.3, -0.25) is 5.10 Å². The maximum absolute atomic E-state index is 5.93. The van der Waals surface area contributed by atoms with Crippen LogP contribution in [0.4, 0.5) is 11.5 Å². The molecule has 0 fully saturated rings. The average molecular weight is 317 g/mol. The lowest BCUT2D eigenvalue weighted by Crippen LogP contribution is -2.32. The Morgan fingerprint density at radius 2 is 2.23 bits per heavy atom. The van der Waals surface area contributed by atoms with Crippen molar-refractivity contribution in [1.29, 1.82) is 0 Å². The largest absolute Gasteiger partial charge is 0.384 e. The second-order valence-corrected chi connectivity index (χ2v) is 6.76. The number of methoxy groups -OCH3 is 1. The number of nitrogen functional groups attached to an aromatic ring is 1. The molecule has 3 heterocycles. The van der Waals surface area contributed by atoms with E-state index in [0.717, 1.165) is 26.5 Å². The number of anilines is 2. The van der Waals surface area contributed by atoms with E-state index in [2.05, 4.69) is 20.5 Å². The number of hydrogen-bond donors (Lipinski definition) is 3. The average Bonchev–Trinajstić information content (AvgIpc) is 3.13. The van der Waals surface area contributed by atoms with Crippen LogP contribution in [-0.4, -0.2) is 34.4 Å². The topological polar surface area (TPSA) is 88.8 Å². The van der Waals surface area contributed by atoms with Crippen LogP contribution in [0.1, 0.15) is 13.8 Å². The molecule has 0 radical (unpaired) electrons. The number of nitrogens with zero attached hydrogens (tertiary/aromatic N) is 2. The quantitative estimate of drug-likeness (QED) is 0.673. The monoisotopic (exact) mass is 317 g/mol. The van der Waals surface area contributed by atoms with Crippen molar-refractivity contribution in [2.75, 3.05) is 24.7 Å². The number of ether oxygens (including phenoxy) is 1. The molecule has 7 heteroatoms. The van der Waals surface area contributed by atoms with E-state index in [1.54, 1.807) is 24.6 Å². The first-order valence-corrected chi connectivity index (χ1v) is 7.79. The molecule has 0 bridgehead atoms. The highest BCUT2D eigenvalue weighted by atomic mass is 32.1. The Kier molecular flexibility index (Phi) is 3.76. The Balaban J connectivity index is 1.99. The van der Waals surface area contributed by atoms with E-state index >= 15 is 0 Å². The molecular weight excluding hydrogens is 298 g/mol. The molecule has 3 aromatic heterocycles. The predicted molar refractivity (Wildman–Crippen MR) is 91.2 cm³/mol. The second-order valence-electron chi connectivity index (χ2n) is 5.71. The van der Waals surface area contributed by atoms with Crippen LogP contribution in [0, 0.1) is 0 Å². The van der Waals surface area contributed by atoms with Gasteiger partial charge in [0, 0.05) is 25.9 Å². The summed E-state index contributed by atoms with van der Waals surface area (Å²) < 4.78 is 6.52. The van der Waals surface area contributed by atoms with Gasteiger partial charge in [0.1, 0.15) is 5.82 Å². The molecule has 0 amide bonds. The lowest BCUT2D eigenvalue weighted by molar-refractivity contribution is 0.0344. The van der Waals surface area contributed by atoms with Gasteiger partial charge in [-0.25, -0.2) is 4.98 Å². The van der Waals surface area contributed by atoms with Crippen LogP contribution in [0.3, 0.4) is 0 Å². The van der Waals surface area contributed by atoms with Crippen LogP contribution in [0.15, 0.2) is 24.4 Å². The van der Waals surface area contributed by atoms with Crippen LogP contribution in [0.2, 0.25) is 0 Å². The smallest absolute Gasteiger partial charge is 0.126 e. The number of hydrogen-bond acceptors (Lipinski definition) is 6. The summed E-state index contributed by atoms with van der Waals surface area (Å²) in [6.45, 7) is 4.75. The van der Waals surface area contributed by atoms with E-state index in [1.807, 2.05) is 32.0 Å². The van der Waals surface area contributed by atoms with Crippen LogP contribution in [0.25, 0.3) is 20.8 Å². The maximum atomic E-state index is 5.93. The standard InChI is InChI=1S/C15H19N5OS/c1-15(2,21-3)8-17-10-7-13(16)19-11-6-12(22-14(10)11)9-4-5-18-20-9/h4-7H,8H2,1-3H3,(H,18,20)(H3,16,17,19). The van der Waals surface area contributed by atoms with Crippen LogP contribution < -0.4 is 11.1 Å². The number of rotatable bonds is 5. The summed E-state index contributed by atoms with van der Waals surface area (Å²) in [5.41, 5.74) is 8.50. The molecule has 3 rings (SSSR count). The van der Waals surface area contributed by atoms with E-state index in [0.29, 0.717) is 12.4 Å². The van der Waals surface area contributed by atoms with Gasteiger partial charge in [0.2, 0.25) is 0 Å². The summed E-state index contributed by atoms with van der Waals surface area (Å²) in [5.74, 6) is 0.499. The molecular formula is C15H19N5OS. The van der Waals surface area contributed by atoms with Crippen molar-refractivity contribution in [3.8, 4) is 10.6 Å². The normalized spacial score (nSPS) is 12.0. The van der Waals surface area contributed by atoms with Gasteiger partial charge >= 0.3 is 0 Å². The number of thiophene rings is 1. The van der Waals surface area contributed by atoms with Gasteiger partial charge in [-0.05, 0) is 26.0 Å². The number of pyridine rings is 1. The molecule has 22 heavy (non-hydrogen) atoms. The minimum absolute atomic E-state index is 0.256. The van der Waals surface area contributed by atoms with E-state index in [1.165, 1.54) is 0 Å². The van der Waals surface area contributed by atoms with Crippen molar-refractivity contribution >= 4 is 33.1 Å². The molecule has 0 spiro atoms. The fourth-order valence-corrected chi connectivity index (χ4v) is 3.14. The number of nitrogens with two attached hydrogens (primary N) is 1. The van der Waals surface area contributed by atoms with Gasteiger partial charge in [-0.15, -0.1) is 11.3 Å². The van der Waals surface area contributed by atoms with Crippen molar-refractivity contribution in [2.24, 2.45) is 0 Å². The van der Waals surface area contributed by atoms with Crippen molar-refractivity contribution in [2.45, 2.75) is 19.4 Å². The van der Waals surface area contributed by atoms with Crippen molar-refractivity contribution in [3.63, 3.8) is 0 Å². The fourth-order valence-electron chi connectivity index (χ4n) is 2.08. The van der Waals surface area contributed by atoms with Crippen molar-refractivity contribution in [1.82, 2.24) is 15.2 Å². The second kappa shape index (κ2) is 5.58. The lowest BCUT2D eigenvalue weighted by atomic mass is 10.1. The lowest BCUT2D eigenvalue weighted by Gasteiger charge is -2.24. The summed E-state index contributed by atoms with van der Waals surface area (Å²) in [5, 5.41) is 10.4. The van der Waals surface area contributed by atoms with Crippen LogP contribution in [0.5, 0.6) is 0 Å². The zero-order chi connectivity index (χ0) is 15.7. The number of H-pyrrole nitrogens is 1. The molecule has 0 aliphatic rings. The molecule has 0 aliphatic heterocycles. The highest BCUT2D eigenvalue weighted by molar-refractivity contribution is 7.22. The highest BCUT2D eigenvalue weighted by Gasteiger charge is 2.18. The molecule has 6 nitrogen and oxygen atoms in total. The zero-order valence-electron chi connectivity index (χ0n) is 12.8. The van der Waals surface area contributed by atoms with Gasteiger partial charge in [0.25, 0.3) is 0 Å². The number of fused-ring (bicyclic) bond motifs is 1. The Morgan fingerprint density at radius 3 is 2.91 bits per heavy atom. The Bertz CT molecular complexity index is 779. The molecule has 0 unspecified atom stereocenters. The van der Waals surface area contributed by atoms with Crippen LogP contribution in [-0.2, 0) is 4.74 Å². The maximum Gasteiger partial charge on any atom is 0.126 e. The van der Waals surface area contributed by atoms with E-state index in [-0.39, 0.29) is 5.60 Å². The third kappa shape index (κ3) is 2.90. The molecule has 0 atom stereocenters. The van der Waals surface area contributed by atoms with E-state index in [4.69, 9.17) is 10.5 Å². The summed E-state index contributed by atoms with van der Waals surface area (Å²) in [7, 11) is 1.71. The summed E-state index contributed by atoms with van der Waals surface area (Å²) in [4.78, 5) is 5.50. The third-order valence-electron chi connectivity index (χ3n) is 3.52. The van der Waals surface area contributed by atoms with Gasteiger partial charge in [-0.1, -0.05) is 0 Å². The summed E-state index contributed by atoms with van der Waals surface area (Å²) >= 11 is 1.66. The molecule has 116 valence electrons.